The van der Waals surface area contributed by atoms with E-state index in [0.29, 0.717) is 30.0 Å². The van der Waals surface area contributed by atoms with Gasteiger partial charge in [-0.1, -0.05) is 55.9 Å². The molecule has 2 aliphatic heterocycles. The second-order valence-electron chi connectivity index (χ2n) is 8.02. The highest BCUT2D eigenvalue weighted by molar-refractivity contribution is 8.14. The summed E-state index contributed by atoms with van der Waals surface area (Å²) in [5, 5.41) is 12.6. The van der Waals surface area contributed by atoms with Crippen LogP contribution in [0.15, 0.2) is 53.5 Å². The van der Waals surface area contributed by atoms with Gasteiger partial charge < -0.3 is 10.0 Å². The SMILES string of the molecule is CC1(C)CN=C2SCC(O)(C(c3ccc(F)cc3)c3ccccc3F)N2C1. The highest BCUT2D eigenvalue weighted by Gasteiger charge is 2.53. The van der Waals surface area contributed by atoms with Crippen LogP contribution in [0.25, 0.3) is 0 Å². The molecule has 0 saturated carbocycles. The summed E-state index contributed by atoms with van der Waals surface area (Å²) in [6.07, 6.45) is 0. The van der Waals surface area contributed by atoms with Crippen molar-refractivity contribution in [3.63, 3.8) is 0 Å². The van der Waals surface area contributed by atoms with Crippen molar-refractivity contribution in [1.82, 2.24) is 4.90 Å². The third-order valence-electron chi connectivity index (χ3n) is 5.22. The molecule has 6 heteroatoms. The molecule has 2 aromatic carbocycles. The van der Waals surface area contributed by atoms with E-state index >= 15 is 0 Å². The van der Waals surface area contributed by atoms with E-state index in [-0.39, 0.29) is 17.0 Å². The van der Waals surface area contributed by atoms with Gasteiger partial charge >= 0.3 is 0 Å². The second-order valence-corrected chi connectivity index (χ2v) is 8.96. The molecule has 1 fully saturated rings. The lowest BCUT2D eigenvalue weighted by Gasteiger charge is -2.45. The Morgan fingerprint density at radius 3 is 2.52 bits per heavy atom. The van der Waals surface area contributed by atoms with Crippen molar-refractivity contribution >= 4 is 16.9 Å². The summed E-state index contributed by atoms with van der Waals surface area (Å²) in [4.78, 5) is 6.54. The first-order valence-corrected chi connectivity index (χ1v) is 9.96. The second kappa shape index (κ2) is 6.60. The minimum atomic E-state index is -1.35. The third kappa shape index (κ3) is 3.25. The van der Waals surface area contributed by atoms with Crippen LogP contribution in [0.4, 0.5) is 8.78 Å². The normalized spacial score (nSPS) is 25.1. The van der Waals surface area contributed by atoms with Crippen LogP contribution >= 0.6 is 11.8 Å². The summed E-state index contributed by atoms with van der Waals surface area (Å²) in [6.45, 7) is 5.53. The Hall–Kier alpha value is -1.92. The van der Waals surface area contributed by atoms with E-state index in [4.69, 9.17) is 0 Å². The monoisotopic (exact) mass is 388 g/mol. The highest BCUT2D eigenvalue weighted by atomic mass is 32.2. The molecular formula is C21H22F2N2OS. The Morgan fingerprint density at radius 1 is 1.11 bits per heavy atom. The standard InChI is InChI=1S/C21H22F2N2OS/c1-20(2)11-24-19-25(12-20)21(26,13-27-19)18(14-7-9-15(22)10-8-14)16-5-3-4-6-17(16)23/h3-10,18,26H,11-13H2,1-2H3. The van der Waals surface area contributed by atoms with Crippen molar-refractivity contribution in [1.29, 1.82) is 0 Å². The molecule has 142 valence electrons. The minimum absolute atomic E-state index is 0.0923. The lowest BCUT2D eigenvalue weighted by Crippen LogP contribution is -2.57. The van der Waals surface area contributed by atoms with Crippen LogP contribution in [-0.2, 0) is 0 Å². The Kier molecular flexibility index (Phi) is 4.51. The van der Waals surface area contributed by atoms with E-state index in [9.17, 15) is 13.9 Å². The first-order valence-electron chi connectivity index (χ1n) is 8.97. The summed E-state index contributed by atoms with van der Waals surface area (Å²) in [6, 6.07) is 12.4. The molecule has 0 radical (unpaired) electrons. The minimum Gasteiger partial charge on any atom is -0.369 e. The average molecular weight is 388 g/mol. The van der Waals surface area contributed by atoms with E-state index < -0.39 is 11.6 Å². The topological polar surface area (TPSA) is 35.8 Å². The van der Waals surface area contributed by atoms with Crippen molar-refractivity contribution in [2.75, 3.05) is 18.8 Å². The first kappa shape index (κ1) is 18.4. The number of aliphatic imine (C=N–C) groups is 1. The number of benzene rings is 2. The van der Waals surface area contributed by atoms with Crippen molar-refractivity contribution in [2.45, 2.75) is 25.5 Å². The van der Waals surface area contributed by atoms with E-state index in [1.807, 2.05) is 4.90 Å². The highest BCUT2D eigenvalue weighted by Crippen LogP contribution is 2.47. The average Bonchev–Trinajstić information content (AvgIpc) is 2.94. The van der Waals surface area contributed by atoms with Crippen LogP contribution in [0.5, 0.6) is 0 Å². The Balaban J connectivity index is 1.86. The Morgan fingerprint density at radius 2 is 1.81 bits per heavy atom. The Labute approximate surface area is 162 Å². The van der Waals surface area contributed by atoms with Crippen LogP contribution in [0.2, 0.25) is 0 Å². The lowest BCUT2D eigenvalue weighted by molar-refractivity contribution is -0.0709. The number of thioether (sulfide) groups is 1. The molecule has 2 aromatic rings. The predicted octanol–water partition coefficient (Wildman–Crippen LogP) is 4.23. The number of aliphatic hydroxyl groups is 1. The fraction of sp³-hybridized carbons (Fsp3) is 0.381. The van der Waals surface area contributed by atoms with Gasteiger partial charge in [0.1, 0.15) is 11.6 Å². The zero-order chi connectivity index (χ0) is 19.2. The molecule has 2 unspecified atom stereocenters. The van der Waals surface area contributed by atoms with Crippen LogP contribution < -0.4 is 0 Å². The molecule has 27 heavy (non-hydrogen) atoms. The predicted molar refractivity (Wildman–Crippen MR) is 105 cm³/mol. The van der Waals surface area contributed by atoms with Crippen LogP contribution in [0.1, 0.15) is 30.9 Å². The molecule has 0 spiro atoms. The van der Waals surface area contributed by atoms with Gasteiger partial charge in [-0.25, -0.2) is 8.78 Å². The Bertz CT molecular complexity index is 884. The van der Waals surface area contributed by atoms with E-state index in [1.165, 1.54) is 30.0 Å². The number of fused-ring (bicyclic) bond motifs is 1. The van der Waals surface area contributed by atoms with Crippen LogP contribution in [0.3, 0.4) is 0 Å². The van der Waals surface area contributed by atoms with E-state index in [2.05, 4.69) is 18.8 Å². The zero-order valence-corrected chi connectivity index (χ0v) is 16.1. The maximum absolute atomic E-state index is 14.8. The number of rotatable bonds is 3. The summed E-state index contributed by atoms with van der Waals surface area (Å²) in [5.74, 6) is -1.03. The van der Waals surface area contributed by atoms with Crippen molar-refractivity contribution in [3.05, 3.63) is 71.3 Å². The molecule has 0 amide bonds. The van der Waals surface area contributed by atoms with Crippen molar-refractivity contribution < 1.29 is 13.9 Å². The molecule has 2 heterocycles. The number of hydrogen-bond donors (Lipinski definition) is 1. The molecule has 0 bridgehead atoms. The maximum Gasteiger partial charge on any atom is 0.161 e. The molecule has 0 aliphatic carbocycles. The number of amidine groups is 1. The summed E-state index contributed by atoms with van der Waals surface area (Å²) >= 11 is 1.49. The summed E-state index contributed by atoms with van der Waals surface area (Å²) in [7, 11) is 0. The van der Waals surface area contributed by atoms with Gasteiger partial charge in [0.05, 0.1) is 5.92 Å². The summed E-state index contributed by atoms with van der Waals surface area (Å²) in [5.41, 5.74) is -0.363. The van der Waals surface area contributed by atoms with E-state index in [0.717, 1.165) is 5.17 Å². The molecule has 2 aliphatic rings. The quantitative estimate of drug-likeness (QED) is 0.855. The molecular weight excluding hydrogens is 366 g/mol. The molecule has 4 rings (SSSR count). The summed E-state index contributed by atoms with van der Waals surface area (Å²) < 4.78 is 28.3. The van der Waals surface area contributed by atoms with Gasteiger partial charge in [0.25, 0.3) is 0 Å². The molecule has 0 aromatic heterocycles. The number of nitrogens with zero attached hydrogens (tertiary/aromatic N) is 2. The molecule has 3 nitrogen and oxygen atoms in total. The fourth-order valence-corrected chi connectivity index (χ4v) is 5.08. The zero-order valence-electron chi connectivity index (χ0n) is 15.3. The smallest absolute Gasteiger partial charge is 0.161 e. The van der Waals surface area contributed by atoms with Crippen molar-refractivity contribution in [2.24, 2.45) is 10.4 Å². The van der Waals surface area contributed by atoms with Crippen molar-refractivity contribution in [3.8, 4) is 0 Å². The van der Waals surface area contributed by atoms with Gasteiger partial charge in [-0.15, -0.1) is 0 Å². The number of halogens is 2. The van der Waals surface area contributed by atoms with E-state index in [1.54, 1.807) is 30.3 Å². The molecule has 1 saturated heterocycles. The maximum atomic E-state index is 14.8. The lowest BCUT2D eigenvalue weighted by atomic mass is 9.80. The number of hydrogen-bond acceptors (Lipinski definition) is 4. The third-order valence-corrected chi connectivity index (χ3v) is 6.40. The fourth-order valence-electron chi connectivity index (χ4n) is 3.89. The van der Waals surface area contributed by atoms with Gasteiger partial charge in [-0.2, -0.15) is 0 Å². The van der Waals surface area contributed by atoms with Crippen LogP contribution in [0, 0.1) is 17.0 Å². The van der Waals surface area contributed by atoms with Gasteiger partial charge in [0.2, 0.25) is 0 Å². The largest absolute Gasteiger partial charge is 0.369 e. The van der Waals surface area contributed by atoms with Gasteiger partial charge in [0.15, 0.2) is 10.9 Å². The van der Waals surface area contributed by atoms with Crippen LogP contribution in [-0.4, -0.2) is 39.7 Å². The van der Waals surface area contributed by atoms with Gasteiger partial charge in [0, 0.05) is 29.8 Å². The van der Waals surface area contributed by atoms with Gasteiger partial charge in [-0.05, 0) is 23.8 Å². The molecule has 2 atom stereocenters. The molecule has 1 N–H and O–H groups in total. The van der Waals surface area contributed by atoms with Gasteiger partial charge in [-0.3, -0.25) is 4.99 Å². The first-order chi connectivity index (χ1) is 12.8.